The van der Waals surface area contributed by atoms with Crippen LogP contribution in [-0.2, 0) is 9.59 Å². The first-order valence-corrected chi connectivity index (χ1v) is 25.6. The van der Waals surface area contributed by atoms with Gasteiger partial charge in [-0.15, -0.1) is 0 Å². The van der Waals surface area contributed by atoms with Gasteiger partial charge in [-0.1, -0.05) is 18.2 Å². The highest BCUT2D eigenvalue weighted by Gasteiger charge is 2.45. The SMILES string of the molecule is Nc1ncnc2c1c(-c1ccc(Oc3ccccc3)cc1)nn2[C@@H]1CCCN(C2CCN(C(=O)N3CCC(CCCN4CCN(c5ccc6c(c5)C(=O)N(C5CCC(=O)NC5=O)C6=O)CC4)CC3)CC2)C1. The number of ether oxygens (including phenoxy) is 1. The quantitative estimate of drug-likeness (QED) is 0.151. The third kappa shape index (κ3) is 9.54. The van der Waals surface area contributed by atoms with Crippen LogP contribution in [0.2, 0.25) is 0 Å². The van der Waals surface area contributed by atoms with Crippen LogP contribution in [0.15, 0.2) is 79.1 Å². The minimum Gasteiger partial charge on any atom is -0.457 e. The summed E-state index contributed by atoms with van der Waals surface area (Å²) in [6, 6.07) is 22.8. The van der Waals surface area contributed by atoms with Crippen molar-refractivity contribution in [2.24, 2.45) is 5.92 Å². The Balaban J connectivity index is 0.611. The minimum absolute atomic E-state index is 0.0943. The molecule has 71 heavy (non-hydrogen) atoms. The van der Waals surface area contributed by atoms with Gasteiger partial charge in [-0.05, 0) is 131 Å². The largest absolute Gasteiger partial charge is 0.457 e. The van der Waals surface area contributed by atoms with Crippen molar-refractivity contribution in [1.29, 1.82) is 0 Å². The summed E-state index contributed by atoms with van der Waals surface area (Å²) in [6.45, 7) is 9.54. The van der Waals surface area contributed by atoms with Crippen LogP contribution >= 0.6 is 0 Å². The molecule has 3 aromatic carbocycles. The number of benzene rings is 3. The van der Waals surface area contributed by atoms with Gasteiger partial charge in [-0.25, -0.2) is 19.4 Å². The summed E-state index contributed by atoms with van der Waals surface area (Å²) in [5.41, 5.74) is 10.5. The Kier molecular flexibility index (Phi) is 13.1. The highest BCUT2D eigenvalue weighted by atomic mass is 16.5. The lowest BCUT2D eigenvalue weighted by Crippen LogP contribution is -2.54. The second kappa shape index (κ2) is 20.1. The molecule has 0 radical (unpaired) electrons. The van der Waals surface area contributed by atoms with Crippen LogP contribution in [0, 0.1) is 5.92 Å². The van der Waals surface area contributed by atoms with Crippen LogP contribution in [0.1, 0.15) is 91.0 Å². The molecule has 3 N–H and O–H groups in total. The lowest BCUT2D eigenvalue weighted by Gasteiger charge is -2.43. The van der Waals surface area contributed by atoms with E-state index in [4.69, 9.17) is 20.6 Å². The molecule has 6 aliphatic rings. The van der Waals surface area contributed by atoms with Crippen LogP contribution in [0.3, 0.4) is 0 Å². The number of nitrogen functional groups attached to an aromatic ring is 1. The smallest absolute Gasteiger partial charge is 0.319 e. The van der Waals surface area contributed by atoms with E-state index in [0.717, 1.165) is 168 Å². The standard InChI is InChI=1S/C53H62N12O6/c54-48-46-47(36-10-13-41(14-11-36)71-40-8-2-1-3-9-40)58-65(49(46)56-34-55-48)39-7-5-23-63(33-39)37-20-26-62(27-21-37)53(70)61-24-18-35(19-25-61)6-4-22-59-28-30-60(31-29-59)38-12-15-42-43(32-38)52(69)64(51(42)68)44-16-17-45(66)57-50(44)67/h1-3,8-15,32,34-35,37,39,44H,4-7,16-31,33H2,(H2,54,55,56)(H,57,66,67)/t39-,44?/m1/s1. The molecule has 18 nitrogen and oxygen atoms in total. The highest BCUT2D eigenvalue weighted by Crippen LogP contribution is 2.37. The van der Waals surface area contributed by atoms with Crippen molar-refractivity contribution in [3.63, 3.8) is 0 Å². The van der Waals surface area contributed by atoms with Crippen molar-refractivity contribution in [2.75, 3.05) is 82.6 Å². The number of likely N-dealkylation sites (tertiary alicyclic amines) is 3. The molecule has 5 fully saturated rings. The first-order chi connectivity index (χ1) is 34.6. The zero-order valence-electron chi connectivity index (χ0n) is 40.2. The van der Waals surface area contributed by atoms with Crippen molar-refractivity contribution in [3.8, 4) is 22.8 Å². The van der Waals surface area contributed by atoms with Crippen molar-refractivity contribution in [2.45, 2.75) is 82.3 Å². The normalized spacial score (nSPS) is 22.1. The Hall–Kier alpha value is -6.92. The molecular formula is C53H62N12O6. The van der Waals surface area contributed by atoms with Gasteiger partial charge in [0.1, 0.15) is 35.4 Å². The van der Waals surface area contributed by atoms with Crippen LogP contribution in [0.4, 0.5) is 16.3 Å². The molecule has 0 aliphatic carbocycles. The summed E-state index contributed by atoms with van der Waals surface area (Å²) in [5, 5.41) is 8.20. The predicted molar refractivity (Wildman–Crippen MR) is 267 cm³/mol. The number of nitrogens with zero attached hydrogens (tertiary/aromatic N) is 10. The third-order valence-electron chi connectivity index (χ3n) is 15.8. The van der Waals surface area contributed by atoms with Crippen LogP contribution in [-0.4, -0.2) is 158 Å². The van der Waals surface area contributed by atoms with E-state index in [1.165, 1.54) is 6.33 Å². The molecule has 8 heterocycles. The van der Waals surface area contributed by atoms with Gasteiger partial charge < -0.3 is 25.2 Å². The maximum absolute atomic E-state index is 13.8. The van der Waals surface area contributed by atoms with Crippen LogP contribution < -0.4 is 20.7 Å². The number of hydrogen-bond acceptors (Lipinski definition) is 13. The molecule has 370 valence electrons. The summed E-state index contributed by atoms with van der Waals surface area (Å²) in [7, 11) is 0. The average Bonchev–Trinajstić information content (AvgIpc) is 3.92. The first-order valence-electron chi connectivity index (χ1n) is 25.6. The second-order valence-corrected chi connectivity index (χ2v) is 20.1. The van der Waals surface area contributed by atoms with E-state index >= 15 is 0 Å². The summed E-state index contributed by atoms with van der Waals surface area (Å²) in [6.07, 6.45) is 10.1. The molecule has 5 aromatic rings. The lowest BCUT2D eigenvalue weighted by atomic mass is 9.92. The Morgan fingerprint density at radius 3 is 2.20 bits per heavy atom. The van der Waals surface area contributed by atoms with Crippen molar-refractivity contribution >= 4 is 52.2 Å². The zero-order chi connectivity index (χ0) is 48.6. The molecule has 0 spiro atoms. The average molecular weight is 963 g/mol. The molecule has 18 heteroatoms. The number of piperazine rings is 1. The van der Waals surface area contributed by atoms with E-state index in [1.807, 2.05) is 60.7 Å². The zero-order valence-corrected chi connectivity index (χ0v) is 40.2. The number of amides is 6. The second-order valence-electron chi connectivity index (χ2n) is 20.1. The van der Waals surface area contributed by atoms with E-state index in [1.54, 1.807) is 12.1 Å². The van der Waals surface area contributed by atoms with Gasteiger partial charge in [0.15, 0.2) is 5.65 Å². The van der Waals surface area contributed by atoms with Gasteiger partial charge in [0.25, 0.3) is 11.8 Å². The number of aromatic nitrogens is 4. The Morgan fingerprint density at radius 1 is 0.732 bits per heavy atom. The van der Waals surface area contributed by atoms with Gasteiger partial charge in [0.2, 0.25) is 11.8 Å². The monoisotopic (exact) mass is 962 g/mol. The number of anilines is 2. The van der Waals surface area contributed by atoms with Gasteiger partial charge in [0, 0.05) is 82.6 Å². The molecule has 5 saturated heterocycles. The molecule has 1 unspecified atom stereocenters. The fraction of sp³-hybridized carbons (Fsp3) is 0.472. The molecular weight excluding hydrogens is 901 g/mol. The lowest BCUT2D eigenvalue weighted by molar-refractivity contribution is -0.136. The van der Waals surface area contributed by atoms with Gasteiger partial charge in [-0.2, -0.15) is 5.10 Å². The number of para-hydroxylation sites is 1. The summed E-state index contributed by atoms with van der Waals surface area (Å²) < 4.78 is 8.11. The Morgan fingerprint density at radius 2 is 1.45 bits per heavy atom. The summed E-state index contributed by atoms with van der Waals surface area (Å²) in [4.78, 5) is 86.1. The number of rotatable bonds is 11. The number of nitrogens with one attached hydrogen (secondary N) is 1. The fourth-order valence-electron chi connectivity index (χ4n) is 11.8. The topological polar surface area (TPSA) is 196 Å². The summed E-state index contributed by atoms with van der Waals surface area (Å²) >= 11 is 0. The predicted octanol–water partition coefficient (Wildman–Crippen LogP) is 5.80. The number of urea groups is 1. The molecule has 0 bridgehead atoms. The maximum atomic E-state index is 13.8. The van der Waals surface area contributed by atoms with E-state index < -0.39 is 23.8 Å². The van der Waals surface area contributed by atoms with Gasteiger partial charge >= 0.3 is 6.03 Å². The number of imide groups is 2. The van der Waals surface area contributed by atoms with E-state index in [0.29, 0.717) is 28.9 Å². The number of carbonyl (C=O) groups excluding carboxylic acids is 5. The minimum atomic E-state index is -0.971. The molecule has 2 aromatic heterocycles. The number of carbonyl (C=O) groups is 5. The van der Waals surface area contributed by atoms with Gasteiger partial charge in [0.05, 0.1) is 22.6 Å². The molecule has 6 amide bonds. The first kappa shape index (κ1) is 46.5. The van der Waals surface area contributed by atoms with E-state index in [9.17, 15) is 24.0 Å². The number of fused-ring (bicyclic) bond motifs is 2. The Bertz CT molecular complexity index is 2800. The van der Waals surface area contributed by atoms with Crippen molar-refractivity contribution in [1.82, 2.24) is 49.6 Å². The molecule has 11 rings (SSSR count). The number of nitrogens with two attached hydrogens (primary N) is 1. The molecule has 0 saturated carbocycles. The third-order valence-corrected chi connectivity index (χ3v) is 15.8. The van der Waals surface area contributed by atoms with Crippen molar-refractivity contribution < 1.29 is 28.7 Å². The number of piperidine rings is 4. The maximum Gasteiger partial charge on any atom is 0.319 e. The van der Waals surface area contributed by atoms with Crippen LogP contribution in [0.5, 0.6) is 11.5 Å². The molecule has 6 aliphatic heterocycles. The van der Waals surface area contributed by atoms with E-state index in [2.05, 4.69) is 39.5 Å². The summed E-state index contributed by atoms with van der Waals surface area (Å²) in [5.74, 6) is 0.598. The highest BCUT2D eigenvalue weighted by molar-refractivity contribution is 6.23. The van der Waals surface area contributed by atoms with Gasteiger partial charge in [-0.3, -0.25) is 39.2 Å². The van der Waals surface area contributed by atoms with Crippen molar-refractivity contribution in [3.05, 3.63) is 90.3 Å². The number of hydrogen-bond donors (Lipinski definition) is 2. The fourth-order valence-corrected chi connectivity index (χ4v) is 11.8. The van der Waals surface area contributed by atoms with Crippen LogP contribution in [0.25, 0.3) is 22.3 Å². The molecule has 2 atom stereocenters. The van der Waals surface area contributed by atoms with E-state index in [-0.39, 0.29) is 30.8 Å². The Labute approximate surface area is 413 Å².